The summed E-state index contributed by atoms with van der Waals surface area (Å²) < 4.78 is 5.14. The number of piperazine rings is 1. The number of amides is 1. The van der Waals surface area contributed by atoms with Gasteiger partial charge in [-0.15, -0.1) is 24.8 Å². The fourth-order valence-corrected chi connectivity index (χ4v) is 3.30. The molecule has 1 aromatic rings. The lowest BCUT2D eigenvalue weighted by atomic mass is 10.0. The van der Waals surface area contributed by atoms with Crippen LogP contribution in [0.1, 0.15) is 37.9 Å². The molecule has 2 fully saturated rings. The van der Waals surface area contributed by atoms with Crippen molar-refractivity contribution < 1.29 is 9.32 Å². The van der Waals surface area contributed by atoms with E-state index in [9.17, 15) is 4.79 Å². The van der Waals surface area contributed by atoms with Crippen molar-refractivity contribution >= 4 is 30.7 Å². The predicted octanol–water partition coefficient (Wildman–Crippen LogP) is 1.51. The molecule has 0 saturated carbocycles. The summed E-state index contributed by atoms with van der Waals surface area (Å²) in [5.41, 5.74) is 0. The monoisotopic (exact) mass is 393 g/mol. The standard InChI is InChI=1S/C16H27N5O2.2ClH/c1-2-15-18-14(19-23-15)12-20-7-9-21(10-8-20)16(22)4-3-13-5-6-17-11-13;;/h13,17H,2-12H2,1H3;2*1H. The number of rotatable bonds is 6. The average Bonchev–Trinajstić information content (AvgIpc) is 3.25. The van der Waals surface area contributed by atoms with Gasteiger partial charge in [0.25, 0.3) is 0 Å². The van der Waals surface area contributed by atoms with E-state index in [1.165, 1.54) is 6.42 Å². The molecule has 1 unspecified atom stereocenters. The molecular formula is C16H29Cl2N5O2. The maximum absolute atomic E-state index is 12.3. The van der Waals surface area contributed by atoms with Crippen LogP contribution < -0.4 is 5.32 Å². The third-order valence-corrected chi connectivity index (χ3v) is 4.83. The lowest BCUT2D eigenvalue weighted by Gasteiger charge is -2.34. The highest BCUT2D eigenvalue weighted by Gasteiger charge is 2.23. The Bertz CT molecular complexity index is 514. The number of aryl methyl sites for hydroxylation is 1. The molecule has 2 saturated heterocycles. The van der Waals surface area contributed by atoms with E-state index in [0.29, 0.717) is 30.7 Å². The van der Waals surface area contributed by atoms with Crippen molar-refractivity contribution in [3.05, 3.63) is 11.7 Å². The Kier molecular flexibility index (Phi) is 9.71. The zero-order chi connectivity index (χ0) is 16.1. The van der Waals surface area contributed by atoms with E-state index in [-0.39, 0.29) is 24.8 Å². The van der Waals surface area contributed by atoms with E-state index in [1.807, 2.05) is 11.8 Å². The van der Waals surface area contributed by atoms with Gasteiger partial charge in [0.05, 0.1) is 6.54 Å². The van der Waals surface area contributed by atoms with Crippen molar-refractivity contribution in [3.63, 3.8) is 0 Å². The van der Waals surface area contributed by atoms with Gasteiger partial charge in [-0.1, -0.05) is 12.1 Å². The van der Waals surface area contributed by atoms with Gasteiger partial charge in [-0.2, -0.15) is 4.98 Å². The summed E-state index contributed by atoms with van der Waals surface area (Å²) >= 11 is 0. The summed E-state index contributed by atoms with van der Waals surface area (Å²) in [6.45, 7) is 8.27. The molecule has 25 heavy (non-hydrogen) atoms. The van der Waals surface area contributed by atoms with Gasteiger partial charge in [-0.05, 0) is 31.8 Å². The maximum Gasteiger partial charge on any atom is 0.226 e. The van der Waals surface area contributed by atoms with Crippen LogP contribution in [0.4, 0.5) is 0 Å². The van der Waals surface area contributed by atoms with Gasteiger partial charge in [0.1, 0.15) is 0 Å². The Balaban J connectivity index is 0.00000156. The van der Waals surface area contributed by atoms with E-state index in [4.69, 9.17) is 4.52 Å². The first-order valence-corrected chi connectivity index (χ1v) is 8.77. The molecule has 144 valence electrons. The van der Waals surface area contributed by atoms with Crippen LogP contribution in [0.15, 0.2) is 4.52 Å². The first kappa shape index (κ1) is 22.2. The van der Waals surface area contributed by atoms with Gasteiger partial charge in [0, 0.05) is 39.0 Å². The van der Waals surface area contributed by atoms with Crippen LogP contribution in [-0.4, -0.2) is 65.1 Å². The number of hydrogen-bond acceptors (Lipinski definition) is 6. The SMILES string of the molecule is CCc1nc(CN2CCN(C(=O)CCC3CCNC3)CC2)no1.Cl.Cl. The molecule has 7 nitrogen and oxygen atoms in total. The molecule has 1 aromatic heterocycles. The number of nitrogens with one attached hydrogen (secondary N) is 1. The summed E-state index contributed by atoms with van der Waals surface area (Å²) in [4.78, 5) is 20.9. The van der Waals surface area contributed by atoms with Crippen molar-refractivity contribution in [2.45, 2.75) is 39.2 Å². The molecule has 0 aliphatic carbocycles. The summed E-state index contributed by atoms with van der Waals surface area (Å²) in [6.07, 6.45) is 3.70. The highest BCUT2D eigenvalue weighted by molar-refractivity contribution is 5.85. The van der Waals surface area contributed by atoms with Crippen LogP contribution in [0.3, 0.4) is 0 Å². The lowest BCUT2D eigenvalue weighted by Crippen LogP contribution is -2.48. The first-order valence-electron chi connectivity index (χ1n) is 8.77. The number of nitrogens with zero attached hydrogens (tertiary/aromatic N) is 4. The van der Waals surface area contributed by atoms with E-state index < -0.39 is 0 Å². The Hall–Kier alpha value is -0.890. The van der Waals surface area contributed by atoms with Crippen LogP contribution >= 0.6 is 24.8 Å². The Morgan fingerprint density at radius 2 is 2.04 bits per heavy atom. The summed E-state index contributed by atoms with van der Waals surface area (Å²) in [5, 5.41) is 7.35. The fraction of sp³-hybridized carbons (Fsp3) is 0.812. The Labute approximate surface area is 161 Å². The van der Waals surface area contributed by atoms with Crippen molar-refractivity contribution in [2.75, 3.05) is 39.3 Å². The first-order chi connectivity index (χ1) is 11.2. The fourth-order valence-electron chi connectivity index (χ4n) is 3.30. The number of aromatic nitrogens is 2. The normalized spacial score (nSPS) is 20.8. The maximum atomic E-state index is 12.3. The van der Waals surface area contributed by atoms with Gasteiger partial charge >= 0.3 is 0 Å². The quantitative estimate of drug-likeness (QED) is 0.789. The number of halogens is 2. The van der Waals surface area contributed by atoms with E-state index in [2.05, 4.69) is 20.4 Å². The summed E-state index contributed by atoms with van der Waals surface area (Å²) in [6, 6.07) is 0. The van der Waals surface area contributed by atoms with Crippen LogP contribution in [0.25, 0.3) is 0 Å². The Morgan fingerprint density at radius 1 is 1.28 bits per heavy atom. The average molecular weight is 394 g/mol. The number of carbonyl (C=O) groups excluding carboxylic acids is 1. The van der Waals surface area contributed by atoms with Gasteiger partial charge in [0.2, 0.25) is 11.8 Å². The topological polar surface area (TPSA) is 74.5 Å². The van der Waals surface area contributed by atoms with Gasteiger partial charge < -0.3 is 14.7 Å². The second kappa shape index (κ2) is 11.0. The zero-order valence-electron chi connectivity index (χ0n) is 14.8. The van der Waals surface area contributed by atoms with Crippen LogP contribution in [0.5, 0.6) is 0 Å². The highest BCUT2D eigenvalue weighted by Crippen LogP contribution is 2.16. The van der Waals surface area contributed by atoms with Crippen LogP contribution in [0.2, 0.25) is 0 Å². The minimum atomic E-state index is 0. The molecule has 3 rings (SSSR count). The second-order valence-corrected chi connectivity index (χ2v) is 6.51. The molecule has 1 amide bonds. The van der Waals surface area contributed by atoms with Gasteiger partial charge in [-0.3, -0.25) is 9.69 Å². The largest absolute Gasteiger partial charge is 0.340 e. The molecule has 0 aromatic carbocycles. The minimum Gasteiger partial charge on any atom is -0.340 e. The molecule has 3 heterocycles. The van der Waals surface area contributed by atoms with Crippen molar-refractivity contribution in [1.82, 2.24) is 25.3 Å². The molecule has 0 radical (unpaired) electrons. The molecule has 2 aliphatic heterocycles. The van der Waals surface area contributed by atoms with Crippen molar-refractivity contribution in [2.24, 2.45) is 5.92 Å². The lowest BCUT2D eigenvalue weighted by molar-refractivity contribution is -0.133. The molecule has 0 spiro atoms. The third kappa shape index (κ3) is 6.40. The van der Waals surface area contributed by atoms with Crippen molar-refractivity contribution in [1.29, 1.82) is 0 Å². The minimum absolute atomic E-state index is 0. The molecule has 1 atom stereocenters. The predicted molar refractivity (Wildman–Crippen MR) is 100 cm³/mol. The van der Waals surface area contributed by atoms with E-state index >= 15 is 0 Å². The van der Waals surface area contributed by atoms with Crippen LogP contribution in [0, 0.1) is 5.92 Å². The summed E-state index contributed by atoms with van der Waals surface area (Å²) in [7, 11) is 0. The zero-order valence-corrected chi connectivity index (χ0v) is 16.4. The number of hydrogen-bond donors (Lipinski definition) is 1. The Morgan fingerprint density at radius 3 is 2.64 bits per heavy atom. The third-order valence-electron chi connectivity index (χ3n) is 4.83. The van der Waals surface area contributed by atoms with Crippen molar-refractivity contribution in [3.8, 4) is 0 Å². The number of carbonyl (C=O) groups is 1. The molecule has 1 N–H and O–H groups in total. The molecular weight excluding hydrogens is 365 g/mol. The molecule has 2 aliphatic rings. The van der Waals surface area contributed by atoms with Gasteiger partial charge in [-0.25, -0.2) is 0 Å². The van der Waals surface area contributed by atoms with Gasteiger partial charge in [0.15, 0.2) is 5.82 Å². The second-order valence-electron chi connectivity index (χ2n) is 6.51. The van der Waals surface area contributed by atoms with E-state index in [0.717, 1.165) is 57.9 Å². The highest BCUT2D eigenvalue weighted by atomic mass is 35.5. The van der Waals surface area contributed by atoms with E-state index in [1.54, 1.807) is 0 Å². The molecule has 0 bridgehead atoms. The smallest absolute Gasteiger partial charge is 0.226 e. The molecule has 9 heteroatoms. The summed E-state index contributed by atoms with van der Waals surface area (Å²) in [5.74, 6) is 2.43. The van der Waals surface area contributed by atoms with Crippen LogP contribution in [-0.2, 0) is 17.8 Å².